The molecule has 0 fully saturated rings. The van der Waals surface area contributed by atoms with Gasteiger partial charge in [-0.3, -0.25) is 4.79 Å². The summed E-state index contributed by atoms with van der Waals surface area (Å²) in [4.78, 5) is 12.5. The van der Waals surface area contributed by atoms with E-state index in [-0.39, 0.29) is 5.91 Å². The third kappa shape index (κ3) is 2.52. The fraction of sp³-hybridized carbons (Fsp3) is 0.105. The van der Waals surface area contributed by atoms with Gasteiger partial charge in [0.1, 0.15) is 0 Å². The van der Waals surface area contributed by atoms with Crippen molar-refractivity contribution in [1.29, 1.82) is 0 Å². The number of benzene rings is 3. The SMILES string of the molecule is Cc1ccccc1C(=O)Nc1cccc2c(C)cccc12. The highest BCUT2D eigenvalue weighted by atomic mass is 16.1. The molecule has 0 aliphatic carbocycles. The van der Waals surface area contributed by atoms with Crippen molar-refractivity contribution in [3.8, 4) is 0 Å². The minimum absolute atomic E-state index is 0.0675. The Morgan fingerprint density at radius 2 is 1.43 bits per heavy atom. The Labute approximate surface area is 124 Å². The lowest BCUT2D eigenvalue weighted by atomic mass is 10.0. The fourth-order valence-electron chi connectivity index (χ4n) is 2.59. The zero-order chi connectivity index (χ0) is 14.8. The second kappa shape index (κ2) is 5.41. The van der Waals surface area contributed by atoms with Gasteiger partial charge in [0.2, 0.25) is 0 Å². The smallest absolute Gasteiger partial charge is 0.255 e. The summed E-state index contributed by atoms with van der Waals surface area (Å²) in [5.74, 6) is -0.0675. The number of hydrogen-bond acceptors (Lipinski definition) is 1. The molecule has 0 saturated carbocycles. The molecule has 0 bridgehead atoms. The Bertz CT molecular complexity index is 821. The van der Waals surface area contributed by atoms with Crippen molar-refractivity contribution in [1.82, 2.24) is 0 Å². The molecule has 3 aromatic carbocycles. The Morgan fingerprint density at radius 1 is 0.762 bits per heavy atom. The van der Waals surface area contributed by atoms with E-state index in [2.05, 4.69) is 24.4 Å². The van der Waals surface area contributed by atoms with Gasteiger partial charge in [0, 0.05) is 16.6 Å². The van der Waals surface area contributed by atoms with Crippen molar-refractivity contribution in [2.45, 2.75) is 13.8 Å². The van der Waals surface area contributed by atoms with Gasteiger partial charge in [0.05, 0.1) is 0 Å². The summed E-state index contributed by atoms with van der Waals surface area (Å²) in [6, 6.07) is 19.7. The normalized spacial score (nSPS) is 10.6. The number of hydrogen-bond donors (Lipinski definition) is 1. The summed E-state index contributed by atoms with van der Waals surface area (Å²) < 4.78 is 0. The molecule has 0 aliphatic rings. The quantitative estimate of drug-likeness (QED) is 0.721. The van der Waals surface area contributed by atoms with Crippen LogP contribution in [0, 0.1) is 13.8 Å². The summed E-state index contributed by atoms with van der Waals surface area (Å²) in [7, 11) is 0. The number of carbonyl (C=O) groups excluding carboxylic acids is 1. The molecule has 1 amide bonds. The summed E-state index contributed by atoms with van der Waals surface area (Å²) in [5, 5.41) is 5.27. The molecular formula is C19H17NO. The lowest BCUT2D eigenvalue weighted by Gasteiger charge is -2.11. The first-order chi connectivity index (χ1) is 10.2. The van der Waals surface area contributed by atoms with E-state index in [1.165, 1.54) is 10.9 Å². The van der Waals surface area contributed by atoms with Gasteiger partial charge in [-0.2, -0.15) is 0 Å². The Balaban J connectivity index is 2.01. The van der Waals surface area contributed by atoms with Crippen LogP contribution in [-0.2, 0) is 0 Å². The molecule has 0 aliphatic heterocycles. The first-order valence-electron chi connectivity index (χ1n) is 7.02. The number of carbonyl (C=O) groups is 1. The Morgan fingerprint density at radius 3 is 2.24 bits per heavy atom. The van der Waals surface area contributed by atoms with Gasteiger partial charge in [0.15, 0.2) is 0 Å². The topological polar surface area (TPSA) is 29.1 Å². The maximum Gasteiger partial charge on any atom is 0.255 e. The number of amides is 1. The van der Waals surface area contributed by atoms with E-state index in [0.29, 0.717) is 5.56 Å². The van der Waals surface area contributed by atoms with E-state index in [4.69, 9.17) is 0 Å². The van der Waals surface area contributed by atoms with Crippen LogP contribution in [0.2, 0.25) is 0 Å². The molecule has 0 atom stereocenters. The van der Waals surface area contributed by atoms with Crippen LogP contribution in [0.3, 0.4) is 0 Å². The highest BCUT2D eigenvalue weighted by molar-refractivity contribution is 6.10. The second-order valence-electron chi connectivity index (χ2n) is 5.24. The molecule has 3 rings (SSSR count). The third-order valence-corrected chi connectivity index (χ3v) is 3.78. The van der Waals surface area contributed by atoms with Crippen molar-refractivity contribution < 1.29 is 4.79 Å². The van der Waals surface area contributed by atoms with Gasteiger partial charge >= 0.3 is 0 Å². The zero-order valence-electron chi connectivity index (χ0n) is 12.2. The van der Waals surface area contributed by atoms with E-state index >= 15 is 0 Å². The molecule has 0 saturated heterocycles. The van der Waals surface area contributed by atoms with Gasteiger partial charge in [-0.1, -0.05) is 48.5 Å². The third-order valence-electron chi connectivity index (χ3n) is 3.78. The summed E-state index contributed by atoms with van der Waals surface area (Å²) in [6.07, 6.45) is 0. The van der Waals surface area contributed by atoms with Crippen LogP contribution in [-0.4, -0.2) is 5.91 Å². The van der Waals surface area contributed by atoms with Crippen molar-refractivity contribution in [3.63, 3.8) is 0 Å². The van der Waals surface area contributed by atoms with E-state index < -0.39 is 0 Å². The molecule has 0 radical (unpaired) electrons. The molecule has 3 aromatic rings. The average molecular weight is 275 g/mol. The summed E-state index contributed by atoms with van der Waals surface area (Å²) >= 11 is 0. The number of rotatable bonds is 2. The molecule has 0 heterocycles. The van der Waals surface area contributed by atoms with Crippen molar-refractivity contribution in [2.24, 2.45) is 0 Å². The number of anilines is 1. The van der Waals surface area contributed by atoms with Crippen molar-refractivity contribution in [3.05, 3.63) is 77.4 Å². The first kappa shape index (κ1) is 13.4. The van der Waals surface area contributed by atoms with Crippen molar-refractivity contribution in [2.75, 3.05) is 5.32 Å². The average Bonchev–Trinajstić information content (AvgIpc) is 2.49. The molecule has 0 aromatic heterocycles. The maximum absolute atomic E-state index is 12.5. The van der Waals surface area contributed by atoms with Gasteiger partial charge in [-0.15, -0.1) is 0 Å². The largest absolute Gasteiger partial charge is 0.321 e. The van der Waals surface area contributed by atoms with Crippen molar-refractivity contribution >= 4 is 22.4 Å². The number of aryl methyl sites for hydroxylation is 2. The number of fused-ring (bicyclic) bond motifs is 1. The van der Waals surface area contributed by atoms with Crippen LogP contribution < -0.4 is 5.32 Å². The molecule has 0 spiro atoms. The molecule has 104 valence electrons. The Hall–Kier alpha value is -2.61. The van der Waals surface area contributed by atoms with Gasteiger partial charge in [-0.05, 0) is 42.5 Å². The van der Waals surface area contributed by atoms with E-state index in [9.17, 15) is 4.79 Å². The predicted octanol–water partition coefficient (Wildman–Crippen LogP) is 4.71. The lowest BCUT2D eigenvalue weighted by molar-refractivity contribution is 0.102. The standard InChI is InChI=1S/C19H17NO/c1-13-8-5-11-17-15(13)10-6-12-18(17)20-19(21)16-9-4-3-7-14(16)2/h3-12H,1-2H3,(H,20,21). The van der Waals surface area contributed by atoms with Crippen LogP contribution in [0.25, 0.3) is 10.8 Å². The van der Waals surface area contributed by atoms with Gasteiger partial charge in [-0.25, -0.2) is 0 Å². The molecule has 2 nitrogen and oxygen atoms in total. The van der Waals surface area contributed by atoms with E-state index in [1.807, 2.05) is 55.5 Å². The zero-order valence-corrected chi connectivity index (χ0v) is 12.2. The van der Waals surface area contributed by atoms with Crippen LogP contribution in [0.4, 0.5) is 5.69 Å². The van der Waals surface area contributed by atoms with Crippen LogP contribution in [0.5, 0.6) is 0 Å². The highest BCUT2D eigenvalue weighted by Crippen LogP contribution is 2.26. The maximum atomic E-state index is 12.5. The molecule has 2 heteroatoms. The van der Waals surface area contributed by atoms with Crippen LogP contribution >= 0.6 is 0 Å². The van der Waals surface area contributed by atoms with E-state index in [1.54, 1.807) is 0 Å². The minimum Gasteiger partial charge on any atom is -0.321 e. The van der Waals surface area contributed by atoms with Crippen LogP contribution in [0.15, 0.2) is 60.7 Å². The van der Waals surface area contributed by atoms with Gasteiger partial charge in [0.25, 0.3) is 5.91 Å². The number of nitrogens with one attached hydrogen (secondary N) is 1. The molecule has 0 unspecified atom stereocenters. The molecular weight excluding hydrogens is 258 g/mol. The fourth-order valence-corrected chi connectivity index (χ4v) is 2.59. The summed E-state index contributed by atoms with van der Waals surface area (Å²) in [6.45, 7) is 4.03. The minimum atomic E-state index is -0.0675. The van der Waals surface area contributed by atoms with E-state index in [0.717, 1.165) is 16.6 Å². The lowest BCUT2D eigenvalue weighted by Crippen LogP contribution is -2.13. The van der Waals surface area contributed by atoms with Crippen LogP contribution in [0.1, 0.15) is 21.5 Å². The van der Waals surface area contributed by atoms with Gasteiger partial charge < -0.3 is 5.32 Å². The summed E-state index contributed by atoms with van der Waals surface area (Å²) in [5.41, 5.74) is 3.75. The highest BCUT2D eigenvalue weighted by Gasteiger charge is 2.10. The monoisotopic (exact) mass is 275 g/mol. The molecule has 1 N–H and O–H groups in total. The Kier molecular flexibility index (Phi) is 3.44. The molecule has 21 heavy (non-hydrogen) atoms. The first-order valence-corrected chi connectivity index (χ1v) is 7.02. The second-order valence-corrected chi connectivity index (χ2v) is 5.24. The predicted molar refractivity (Wildman–Crippen MR) is 87.8 cm³/mol.